The van der Waals surface area contributed by atoms with Crippen LogP contribution in [0.25, 0.3) is 11.2 Å². The van der Waals surface area contributed by atoms with Gasteiger partial charge in [0.2, 0.25) is 5.28 Å². The van der Waals surface area contributed by atoms with Gasteiger partial charge < -0.3 is 20.4 Å². The minimum atomic E-state index is -1.15. The number of aromatic nitrogens is 4. The van der Waals surface area contributed by atoms with E-state index in [1.54, 1.807) is 4.57 Å². The molecule has 142 valence electrons. The van der Waals surface area contributed by atoms with Gasteiger partial charge in [0.05, 0.1) is 12.2 Å². The molecule has 2 aliphatic rings. The average molecular weight is 403 g/mol. The molecule has 26 heavy (non-hydrogen) atoms. The number of anilines is 1. The zero-order valence-electron chi connectivity index (χ0n) is 13.9. The summed E-state index contributed by atoms with van der Waals surface area (Å²) in [5.41, 5.74) is 4.18. The molecule has 9 nitrogen and oxygen atoms in total. The highest BCUT2D eigenvalue weighted by Gasteiger charge is 2.44. The topological polar surface area (TPSA) is 109 Å². The second-order valence-electron chi connectivity index (χ2n) is 6.53. The Kier molecular flexibility index (Phi) is 5.18. The highest BCUT2D eigenvalue weighted by Crippen LogP contribution is 2.33. The molecule has 0 aliphatic carbocycles. The molecular weight excluding hydrogens is 383 g/mol. The maximum atomic E-state index is 10.3. The van der Waals surface area contributed by atoms with Crippen LogP contribution in [0, 0.1) is 0 Å². The summed E-state index contributed by atoms with van der Waals surface area (Å²) in [5.74, 6) is 0.571. The lowest BCUT2D eigenvalue weighted by molar-refractivity contribution is -0.0291. The molecule has 4 heterocycles. The summed E-state index contributed by atoms with van der Waals surface area (Å²) in [7, 11) is 0. The third-order valence-corrected chi connectivity index (χ3v) is 5.25. The third kappa shape index (κ3) is 3.23. The molecule has 2 unspecified atom stereocenters. The number of hydrogen-bond donors (Lipinski definition) is 3. The molecule has 11 heteroatoms. The summed E-state index contributed by atoms with van der Waals surface area (Å²) < 4.78 is 7.22. The summed E-state index contributed by atoms with van der Waals surface area (Å²) in [4.78, 5) is 12.9. The first-order chi connectivity index (χ1) is 12.6. The number of nitrogens with one attached hydrogen (secondary N) is 1. The second-order valence-corrected chi connectivity index (χ2v) is 7.17. The molecule has 2 aromatic heterocycles. The summed E-state index contributed by atoms with van der Waals surface area (Å²) in [6.07, 6.45) is 1.18. The molecule has 3 N–H and O–H groups in total. The highest BCUT2D eigenvalue weighted by atomic mass is 35.5. The van der Waals surface area contributed by atoms with Crippen LogP contribution in [0.5, 0.6) is 0 Å². The van der Waals surface area contributed by atoms with E-state index in [1.807, 2.05) is 0 Å². The predicted molar refractivity (Wildman–Crippen MR) is 96.0 cm³/mol. The number of alkyl halides is 1. The molecule has 4 atom stereocenters. The van der Waals surface area contributed by atoms with Crippen molar-refractivity contribution in [3.63, 3.8) is 0 Å². The number of hydrogen-bond acceptors (Lipinski definition) is 8. The number of hydrazine groups is 1. The minimum absolute atomic E-state index is 0.0562. The Morgan fingerprint density at radius 2 is 1.96 bits per heavy atom. The predicted octanol–water partition coefficient (Wildman–Crippen LogP) is 1.15. The molecule has 0 saturated carbocycles. The van der Waals surface area contributed by atoms with Crippen molar-refractivity contribution in [3.05, 3.63) is 11.6 Å². The van der Waals surface area contributed by atoms with E-state index in [4.69, 9.17) is 27.9 Å². The van der Waals surface area contributed by atoms with Gasteiger partial charge in [0.15, 0.2) is 23.2 Å². The van der Waals surface area contributed by atoms with Gasteiger partial charge in [0.25, 0.3) is 0 Å². The Bertz CT molecular complexity index is 784. The van der Waals surface area contributed by atoms with Gasteiger partial charge in [-0.15, -0.1) is 11.6 Å². The van der Waals surface area contributed by atoms with E-state index in [2.05, 4.69) is 25.4 Å². The molecule has 0 radical (unpaired) electrons. The van der Waals surface area contributed by atoms with E-state index in [1.165, 1.54) is 12.7 Å². The van der Waals surface area contributed by atoms with Crippen molar-refractivity contribution in [2.45, 2.75) is 43.8 Å². The lowest BCUT2D eigenvalue weighted by Crippen LogP contribution is -2.35. The number of aliphatic hydroxyl groups is 2. The maximum absolute atomic E-state index is 10.3. The van der Waals surface area contributed by atoms with Gasteiger partial charge in [-0.1, -0.05) is 6.42 Å². The van der Waals surface area contributed by atoms with Crippen LogP contribution in [0.15, 0.2) is 6.33 Å². The fourth-order valence-corrected chi connectivity index (χ4v) is 3.82. The zero-order valence-corrected chi connectivity index (χ0v) is 15.4. The second kappa shape index (κ2) is 7.41. The van der Waals surface area contributed by atoms with Crippen LogP contribution in [-0.4, -0.2) is 72.0 Å². The quantitative estimate of drug-likeness (QED) is 0.516. The van der Waals surface area contributed by atoms with Gasteiger partial charge in [-0.3, -0.25) is 4.57 Å². The number of imidazole rings is 1. The standard InChI is InChI=1S/C15H20Cl2N6O3/c16-6-8-10(24)11(25)14(26-8)23-7-18-9-12(19-15(17)20-13(9)23)21-22-4-2-1-3-5-22/h7-8,10-11,14,24-25H,1-6H2,(H,19,20,21)/t8-,10?,11?,14-/m1/s1. The number of rotatable bonds is 4. The third-order valence-electron chi connectivity index (χ3n) is 4.78. The van der Waals surface area contributed by atoms with E-state index in [0.717, 1.165) is 25.9 Å². The van der Waals surface area contributed by atoms with Crippen LogP contribution in [0.2, 0.25) is 5.28 Å². The number of ether oxygens (including phenoxy) is 1. The number of aliphatic hydroxyl groups excluding tert-OH is 2. The highest BCUT2D eigenvalue weighted by molar-refractivity contribution is 6.28. The monoisotopic (exact) mass is 402 g/mol. The van der Waals surface area contributed by atoms with E-state index in [-0.39, 0.29) is 11.2 Å². The fourth-order valence-electron chi connectivity index (χ4n) is 3.40. The lowest BCUT2D eigenvalue weighted by atomic mass is 10.1. The summed E-state index contributed by atoms with van der Waals surface area (Å²) in [6.45, 7) is 1.83. The van der Waals surface area contributed by atoms with Gasteiger partial charge in [0.1, 0.15) is 18.3 Å². The number of halogens is 2. The number of piperidine rings is 1. The van der Waals surface area contributed by atoms with E-state index in [0.29, 0.717) is 17.0 Å². The van der Waals surface area contributed by atoms with Gasteiger partial charge in [-0.25, -0.2) is 9.99 Å². The van der Waals surface area contributed by atoms with Crippen molar-refractivity contribution in [1.82, 2.24) is 24.5 Å². The smallest absolute Gasteiger partial charge is 0.226 e. The molecule has 0 amide bonds. The molecule has 4 rings (SSSR count). The van der Waals surface area contributed by atoms with Crippen LogP contribution in [-0.2, 0) is 4.74 Å². The average Bonchev–Trinajstić information content (AvgIpc) is 3.17. The molecule has 2 saturated heterocycles. The minimum Gasteiger partial charge on any atom is -0.387 e. The van der Waals surface area contributed by atoms with Gasteiger partial charge >= 0.3 is 0 Å². The largest absolute Gasteiger partial charge is 0.387 e. The summed E-state index contributed by atoms with van der Waals surface area (Å²) >= 11 is 11.9. The zero-order chi connectivity index (χ0) is 18.3. The SMILES string of the molecule is OC1C(O)[C@@H](CCl)O[C@H]1n1cnc2c(NN3CCCCC3)nc(Cl)nc21. The maximum Gasteiger partial charge on any atom is 0.226 e. The van der Waals surface area contributed by atoms with Crippen LogP contribution in [0.4, 0.5) is 5.82 Å². The summed E-state index contributed by atoms with van der Waals surface area (Å²) in [6, 6.07) is 0. The molecule has 2 fully saturated rings. The van der Waals surface area contributed by atoms with Crippen LogP contribution < -0.4 is 5.43 Å². The first kappa shape index (κ1) is 18.1. The summed E-state index contributed by atoms with van der Waals surface area (Å²) in [5, 5.41) is 22.5. The van der Waals surface area contributed by atoms with Crippen molar-refractivity contribution in [2.75, 3.05) is 24.4 Å². The lowest BCUT2D eigenvalue weighted by Gasteiger charge is -2.27. The molecular formula is C15H20Cl2N6O3. The molecule has 0 spiro atoms. The Labute approximate surface area is 159 Å². The van der Waals surface area contributed by atoms with Crippen molar-refractivity contribution in [2.24, 2.45) is 0 Å². The Morgan fingerprint density at radius 1 is 1.19 bits per heavy atom. The van der Waals surface area contributed by atoms with Gasteiger partial charge in [0, 0.05) is 13.1 Å². The normalized spacial score (nSPS) is 30.2. The van der Waals surface area contributed by atoms with E-state index in [9.17, 15) is 10.2 Å². The molecule has 2 aliphatic heterocycles. The van der Waals surface area contributed by atoms with E-state index < -0.39 is 24.5 Å². The molecule has 0 aromatic carbocycles. The fraction of sp³-hybridized carbons (Fsp3) is 0.667. The van der Waals surface area contributed by atoms with Gasteiger partial charge in [-0.05, 0) is 24.4 Å². The first-order valence-electron chi connectivity index (χ1n) is 8.57. The van der Waals surface area contributed by atoms with Crippen molar-refractivity contribution in [1.29, 1.82) is 0 Å². The Balaban J connectivity index is 1.67. The molecule has 2 aromatic rings. The molecule has 0 bridgehead atoms. The van der Waals surface area contributed by atoms with E-state index >= 15 is 0 Å². The number of fused-ring (bicyclic) bond motifs is 1. The number of nitrogens with zero attached hydrogens (tertiary/aromatic N) is 5. The van der Waals surface area contributed by atoms with Crippen molar-refractivity contribution in [3.8, 4) is 0 Å². The Hall–Kier alpha value is -1.23. The Morgan fingerprint density at radius 3 is 2.65 bits per heavy atom. The van der Waals surface area contributed by atoms with Crippen LogP contribution in [0.1, 0.15) is 25.5 Å². The van der Waals surface area contributed by atoms with Gasteiger partial charge in [-0.2, -0.15) is 9.97 Å². The van der Waals surface area contributed by atoms with Crippen molar-refractivity contribution >= 4 is 40.2 Å². The van der Waals surface area contributed by atoms with Crippen LogP contribution >= 0.6 is 23.2 Å². The van der Waals surface area contributed by atoms with Crippen molar-refractivity contribution < 1.29 is 14.9 Å². The first-order valence-corrected chi connectivity index (χ1v) is 9.49. The van der Waals surface area contributed by atoms with Crippen LogP contribution in [0.3, 0.4) is 0 Å².